The van der Waals surface area contributed by atoms with Crippen LogP contribution in [0.3, 0.4) is 0 Å². The van der Waals surface area contributed by atoms with Crippen LogP contribution in [0, 0.1) is 0 Å². The quantitative estimate of drug-likeness (QED) is 0.155. The molecule has 0 bridgehead atoms. The molecule has 2 heteroatoms. The summed E-state index contributed by atoms with van der Waals surface area (Å²) in [6, 6.07) is 83.1. The summed E-state index contributed by atoms with van der Waals surface area (Å²) >= 11 is 0. The zero-order valence-electron chi connectivity index (χ0n) is 30.8. The molecule has 0 atom stereocenters. The Morgan fingerprint density at radius 2 is 0.696 bits per heavy atom. The van der Waals surface area contributed by atoms with Crippen LogP contribution in [0.1, 0.15) is 0 Å². The van der Waals surface area contributed by atoms with Gasteiger partial charge in [-0.15, -0.1) is 0 Å². The van der Waals surface area contributed by atoms with Crippen LogP contribution in [0.15, 0.2) is 231 Å². The molecular formula is C54H38N2. The van der Waals surface area contributed by atoms with Crippen molar-refractivity contribution in [1.29, 1.82) is 0 Å². The Kier molecular flexibility index (Phi) is 8.55. The largest absolute Gasteiger partial charge is 0.310 e. The van der Waals surface area contributed by atoms with Crippen molar-refractivity contribution in [3.05, 3.63) is 231 Å². The third kappa shape index (κ3) is 5.95. The summed E-state index contributed by atoms with van der Waals surface area (Å²) in [7, 11) is 0. The second kappa shape index (κ2) is 14.4. The van der Waals surface area contributed by atoms with E-state index in [2.05, 4.69) is 240 Å². The van der Waals surface area contributed by atoms with E-state index in [1.165, 1.54) is 43.4 Å². The highest BCUT2D eigenvalue weighted by Gasteiger charge is 2.22. The van der Waals surface area contributed by atoms with Crippen LogP contribution in [0.25, 0.3) is 54.6 Å². The van der Waals surface area contributed by atoms with Gasteiger partial charge in [0.2, 0.25) is 0 Å². The van der Waals surface area contributed by atoms with Crippen molar-refractivity contribution in [2.24, 2.45) is 0 Å². The van der Waals surface area contributed by atoms with E-state index >= 15 is 0 Å². The fourth-order valence-corrected chi connectivity index (χ4v) is 8.27. The molecule has 0 aromatic heterocycles. The van der Waals surface area contributed by atoms with Crippen molar-refractivity contribution in [2.45, 2.75) is 0 Å². The third-order valence-corrected chi connectivity index (χ3v) is 10.8. The fourth-order valence-electron chi connectivity index (χ4n) is 8.27. The van der Waals surface area contributed by atoms with Crippen LogP contribution in [-0.2, 0) is 0 Å². The normalized spacial score (nSPS) is 11.2. The second-order valence-electron chi connectivity index (χ2n) is 14.1. The molecule has 0 aliphatic carbocycles. The second-order valence-corrected chi connectivity index (χ2v) is 14.1. The molecule has 0 saturated carbocycles. The highest BCUT2D eigenvalue weighted by atomic mass is 15.2. The molecule has 0 unspecified atom stereocenters. The number of anilines is 6. The maximum Gasteiger partial charge on any atom is 0.0546 e. The SMILES string of the molecule is c1ccc(N(c2ccc(-c3ccccc3N(c3ccccc3)c3cccc4ccccc34)cc2)c2ccc3ccccc3c2-c2cccc3ccccc23)cc1. The molecule has 2 nitrogen and oxygen atoms in total. The van der Waals surface area contributed by atoms with Gasteiger partial charge >= 0.3 is 0 Å². The number of benzene rings is 10. The average Bonchev–Trinajstić information content (AvgIpc) is 3.28. The molecule has 0 saturated heterocycles. The van der Waals surface area contributed by atoms with Gasteiger partial charge in [0.25, 0.3) is 0 Å². The van der Waals surface area contributed by atoms with E-state index in [0.717, 1.165) is 45.3 Å². The van der Waals surface area contributed by atoms with Crippen molar-refractivity contribution >= 4 is 66.4 Å². The number of para-hydroxylation sites is 3. The van der Waals surface area contributed by atoms with Gasteiger partial charge in [-0.1, -0.05) is 176 Å². The minimum atomic E-state index is 1.09. The predicted octanol–water partition coefficient (Wildman–Crippen LogP) is 15.4. The van der Waals surface area contributed by atoms with Crippen LogP contribution in [-0.4, -0.2) is 0 Å². The van der Waals surface area contributed by atoms with Crippen molar-refractivity contribution in [3.8, 4) is 22.3 Å². The summed E-state index contributed by atoms with van der Waals surface area (Å²) in [5, 5.41) is 7.33. The van der Waals surface area contributed by atoms with Gasteiger partial charge in [0, 0.05) is 33.6 Å². The maximum atomic E-state index is 2.41. The summed E-state index contributed by atoms with van der Waals surface area (Å²) < 4.78 is 0. The van der Waals surface area contributed by atoms with Gasteiger partial charge in [-0.3, -0.25) is 0 Å². The molecule has 10 rings (SSSR count). The molecule has 56 heavy (non-hydrogen) atoms. The number of hydrogen-bond donors (Lipinski definition) is 0. The zero-order chi connectivity index (χ0) is 37.3. The molecule has 10 aromatic carbocycles. The lowest BCUT2D eigenvalue weighted by atomic mass is 9.91. The molecule has 0 N–H and O–H groups in total. The van der Waals surface area contributed by atoms with Crippen molar-refractivity contribution < 1.29 is 0 Å². The smallest absolute Gasteiger partial charge is 0.0546 e. The average molecular weight is 715 g/mol. The van der Waals surface area contributed by atoms with Crippen LogP contribution < -0.4 is 9.80 Å². The first-order valence-corrected chi connectivity index (χ1v) is 19.2. The molecule has 0 amide bonds. The van der Waals surface area contributed by atoms with Crippen LogP contribution >= 0.6 is 0 Å². The van der Waals surface area contributed by atoms with E-state index in [9.17, 15) is 0 Å². The number of hydrogen-bond acceptors (Lipinski definition) is 2. The Hall–Kier alpha value is -7.42. The summed E-state index contributed by atoms with van der Waals surface area (Å²) in [6.07, 6.45) is 0. The lowest BCUT2D eigenvalue weighted by Crippen LogP contribution is -2.12. The van der Waals surface area contributed by atoms with Crippen LogP contribution in [0.4, 0.5) is 34.1 Å². The summed E-state index contributed by atoms with van der Waals surface area (Å²) in [5.41, 5.74) is 11.4. The highest BCUT2D eigenvalue weighted by molar-refractivity contribution is 6.11. The zero-order valence-corrected chi connectivity index (χ0v) is 30.8. The van der Waals surface area contributed by atoms with Gasteiger partial charge in [0.1, 0.15) is 0 Å². The Morgan fingerprint density at radius 1 is 0.232 bits per heavy atom. The van der Waals surface area contributed by atoms with E-state index in [-0.39, 0.29) is 0 Å². The fraction of sp³-hybridized carbons (Fsp3) is 0. The van der Waals surface area contributed by atoms with E-state index in [1.807, 2.05) is 0 Å². The standard InChI is InChI=1S/C54H38N2/c1-3-22-43(23-4-1)55(53-38-35-41-19-9-12-29-49(41)54(53)50-30-15-20-39-17-7-10-26-46(39)50)45-36-33-42(34-37-45)48-28-13-14-31-51(48)56(44-24-5-2-6-25-44)52-32-16-21-40-18-8-11-27-47(40)52/h1-38H. The molecule has 0 spiro atoms. The van der Waals surface area contributed by atoms with Crippen molar-refractivity contribution in [1.82, 2.24) is 0 Å². The lowest BCUT2D eigenvalue weighted by molar-refractivity contribution is 1.28. The van der Waals surface area contributed by atoms with E-state index in [4.69, 9.17) is 0 Å². The van der Waals surface area contributed by atoms with Crippen LogP contribution in [0.2, 0.25) is 0 Å². The van der Waals surface area contributed by atoms with Gasteiger partial charge in [-0.25, -0.2) is 0 Å². The van der Waals surface area contributed by atoms with Gasteiger partial charge in [0.05, 0.1) is 17.1 Å². The maximum absolute atomic E-state index is 2.41. The Balaban J connectivity index is 1.14. The van der Waals surface area contributed by atoms with Gasteiger partial charge in [0.15, 0.2) is 0 Å². The molecule has 10 aromatic rings. The first kappa shape index (κ1) is 33.2. The summed E-state index contributed by atoms with van der Waals surface area (Å²) in [6.45, 7) is 0. The molecule has 0 heterocycles. The van der Waals surface area contributed by atoms with Gasteiger partial charge in [-0.05, 0) is 92.7 Å². The van der Waals surface area contributed by atoms with E-state index < -0.39 is 0 Å². The third-order valence-electron chi connectivity index (χ3n) is 10.8. The molecule has 0 aliphatic rings. The Bertz CT molecular complexity index is 2960. The minimum Gasteiger partial charge on any atom is -0.310 e. The minimum absolute atomic E-state index is 1.09. The van der Waals surface area contributed by atoms with E-state index in [0.29, 0.717) is 0 Å². The molecule has 0 fully saturated rings. The number of fused-ring (bicyclic) bond motifs is 3. The molecule has 0 radical (unpaired) electrons. The Morgan fingerprint density at radius 3 is 1.41 bits per heavy atom. The first-order valence-electron chi connectivity index (χ1n) is 19.2. The number of rotatable bonds is 8. The summed E-state index contributed by atoms with van der Waals surface area (Å²) in [4.78, 5) is 4.80. The van der Waals surface area contributed by atoms with E-state index in [1.54, 1.807) is 0 Å². The Labute approximate surface area is 327 Å². The molecular weight excluding hydrogens is 677 g/mol. The molecule has 0 aliphatic heterocycles. The summed E-state index contributed by atoms with van der Waals surface area (Å²) in [5.74, 6) is 0. The predicted molar refractivity (Wildman–Crippen MR) is 239 cm³/mol. The van der Waals surface area contributed by atoms with Crippen molar-refractivity contribution in [2.75, 3.05) is 9.80 Å². The first-order chi connectivity index (χ1) is 27.8. The van der Waals surface area contributed by atoms with Crippen molar-refractivity contribution in [3.63, 3.8) is 0 Å². The topological polar surface area (TPSA) is 6.48 Å². The van der Waals surface area contributed by atoms with Gasteiger partial charge in [-0.2, -0.15) is 0 Å². The highest BCUT2D eigenvalue weighted by Crippen LogP contribution is 2.47. The lowest BCUT2D eigenvalue weighted by Gasteiger charge is -2.30. The van der Waals surface area contributed by atoms with Crippen LogP contribution in [0.5, 0.6) is 0 Å². The number of nitrogens with zero attached hydrogens (tertiary/aromatic N) is 2. The molecule has 264 valence electrons. The van der Waals surface area contributed by atoms with Gasteiger partial charge < -0.3 is 9.80 Å². The monoisotopic (exact) mass is 714 g/mol.